The van der Waals surface area contributed by atoms with E-state index in [2.05, 4.69) is 11.4 Å². The van der Waals surface area contributed by atoms with Gasteiger partial charge in [0.1, 0.15) is 6.04 Å². The molecule has 1 fully saturated rings. The minimum atomic E-state index is -0.717. The molecule has 4 rings (SSSR count). The number of fused-ring (bicyclic) bond motifs is 2. The van der Waals surface area contributed by atoms with Crippen LogP contribution < -0.4 is 5.32 Å². The Labute approximate surface area is 187 Å². The summed E-state index contributed by atoms with van der Waals surface area (Å²) < 4.78 is 0. The highest BCUT2D eigenvalue weighted by Gasteiger charge is 2.40. The number of benzene rings is 2. The Bertz CT molecular complexity index is 1130. The van der Waals surface area contributed by atoms with Crippen LogP contribution in [0.15, 0.2) is 42.5 Å². The molecule has 32 heavy (non-hydrogen) atoms. The van der Waals surface area contributed by atoms with Crippen LogP contribution >= 0.6 is 0 Å². The first-order valence-electron chi connectivity index (χ1n) is 10.7. The Morgan fingerprint density at radius 1 is 1.09 bits per heavy atom. The number of carbonyl (C=O) groups excluding carboxylic acids is 3. The second-order valence-corrected chi connectivity index (χ2v) is 9.53. The van der Waals surface area contributed by atoms with Crippen molar-refractivity contribution in [3.8, 4) is 17.2 Å². The van der Waals surface area contributed by atoms with Crippen LogP contribution in [0.25, 0.3) is 11.1 Å². The lowest BCUT2D eigenvalue weighted by molar-refractivity contribution is -0.137. The molecule has 2 aliphatic heterocycles. The Kier molecular flexibility index (Phi) is 5.47. The minimum Gasteiger partial charge on any atom is -0.338 e. The molecule has 0 radical (unpaired) electrons. The van der Waals surface area contributed by atoms with E-state index in [1.807, 2.05) is 39.0 Å². The molecule has 0 aromatic heterocycles. The first-order valence-corrected chi connectivity index (χ1v) is 10.7. The van der Waals surface area contributed by atoms with Crippen LogP contribution in [0, 0.1) is 16.7 Å². The third-order valence-corrected chi connectivity index (χ3v) is 5.83. The average molecular weight is 431 g/mol. The van der Waals surface area contributed by atoms with Crippen LogP contribution in [0.2, 0.25) is 0 Å². The smallest absolute Gasteiger partial charge is 0.256 e. The first kappa shape index (κ1) is 21.6. The number of rotatable bonds is 2. The van der Waals surface area contributed by atoms with Crippen molar-refractivity contribution in [3.05, 3.63) is 53.6 Å². The van der Waals surface area contributed by atoms with Gasteiger partial charge in [-0.25, -0.2) is 0 Å². The Morgan fingerprint density at radius 3 is 2.44 bits per heavy atom. The molecule has 0 spiro atoms. The van der Waals surface area contributed by atoms with Crippen LogP contribution in [0.4, 0.5) is 5.69 Å². The molecule has 2 aliphatic rings. The molecule has 2 heterocycles. The van der Waals surface area contributed by atoms with Gasteiger partial charge in [0.15, 0.2) is 0 Å². The van der Waals surface area contributed by atoms with Crippen LogP contribution in [0.5, 0.6) is 0 Å². The first-order chi connectivity index (χ1) is 15.2. The number of hydrogen-bond donors (Lipinski definition) is 1. The predicted octanol–water partition coefficient (Wildman–Crippen LogP) is 3.27. The number of carbonyl (C=O) groups is 3. The van der Waals surface area contributed by atoms with Gasteiger partial charge >= 0.3 is 0 Å². The molecule has 164 valence electrons. The molecule has 1 N–H and O–H groups in total. The number of nitrogens with zero attached hydrogens (tertiary/aromatic N) is 3. The SMILES string of the molecule is CC(C)(C)CC(=O)N1CCN2C(=O)c3cc(-c4ccc(C#N)cc4)ccc3NC(=O)C2C1. The molecule has 7 nitrogen and oxygen atoms in total. The second-order valence-electron chi connectivity index (χ2n) is 9.53. The normalized spacial score (nSPS) is 18.2. The van der Waals surface area contributed by atoms with Gasteiger partial charge < -0.3 is 15.1 Å². The van der Waals surface area contributed by atoms with E-state index < -0.39 is 6.04 Å². The number of anilines is 1. The lowest BCUT2D eigenvalue weighted by Crippen LogP contribution is -2.59. The fraction of sp³-hybridized carbons (Fsp3) is 0.360. The van der Waals surface area contributed by atoms with Gasteiger partial charge in [-0.1, -0.05) is 39.0 Å². The highest BCUT2D eigenvalue weighted by atomic mass is 16.2. The van der Waals surface area contributed by atoms with Crippen LogP contribution in [0.3, 0.4) is 0 Å². The predicted molar refractivity (Wildman–Crippen MR) is 121 cm³/mol. The molecule has 2 aromatic carbocycles. The lowest BCUT2D eigenvalue weighted by Gasteiger charge is -2.40. The molecule has 7 heteroatoms. The van der Waals surface area contributed by atoms with Gasteiger partial charge in [-0.15, -0.1) is 0 Å². The fourth-order valence-corrected chi connectivity index (χ4v) is 4.16. The molecule has 2 aromatic rings. The van der Waals surface area contributed by atoms with Gasteiger partial charge in [-0.05, 0) is 40.8 Å². The summed E-state index contributed by atoms with van der Waals surface area (Å²) in [7, 11) is 0. The van der Waals surface area contributed by atoms with Gasteiger partial charge in [-0.3, -0.25) is 14.4 Å². The number of nitrogens with one attached hydrogen (secondary N) is 1. The Hall–Kier alpha value is -3.66. The highest BCUT2D eigenvalue weighted by molar-refractivity contribution is 6.10. The Balaban J connectivity index is 1.60. The molecule has 1 unspecified atom stereocenters. The van der Waals surface area contributed by atoms with Gasteiger partial charge in [0.2, 0.25) is 11.8 Å². The Morgan fingerprint density at radius 2 is 1.78 bits per heavy atom. The molecule has 0 aliphatic carbocycles. The largest absolute Gasteiger partial charge is 0.338 e. The lowest BCUT2D eigenvalue weighted by atomic mass is 9.91. The van der Waals surface area contributed by atoms with E-state index in [-0.39, 0.29) is 29.7 Å². The van der Waals surface area contributed by atoms with Crippen molar-refractivity contribution >= 4 is 23.4 Å². The van der Waals surface area contributed by atoms with Crippen molar-refractivity contribution in [1.29, 1.82) is 5.26 Å². The number of hydrogen-bond acceptors (Lipinski definition) is 4. The van der Waals surface area contributed by atoms with Crippen molar-refractivity contribution < 1.29 is 14.4 Å². The maximum atomic E-state index is 13.4. The van der Waals surface area contributed by atoms with Crippen molar-refractivity contribution in [2.75, 3.05) is 25.0 Å². The molecule has 1 saturated heterocycles. The third-order valence-electron chi connectivity index (χ3n) is 5.83. The number of nitriles is 1. The molecular weight excluding hydrogens is 404 g/mol. The molecule has 3 amide bonds. The second kappa shape index (κ2) is 8.12. The highest BCUT2D eigenvalue weighted by Crippen LogP contribution is 2.31. The van der Waals surface area contributed by atoms with Crippen molar-refractivity contribution in [2.45, 2.75) is 33.2 Å². The van der Waals surface area contributed by atoms with Gasteiger partial charge in [-0.2, -0.15) is 5.26 Å². The zero-order chi connectivity index (χ0) is 23.0. The zero-order valence-corrected chi connectivity index (χ0v) is 18.5. The van der Waals surface area contributed by atoms with E-state index in [0.717, 1.165) is 11.1 Å². The number of piperazine rings is 1. The average Bonchev–Trinajstić information content (AvgIpc) is 2.87. The summed E-state index contributed by atoms with van der Waals surface area (Å²) in [6, 6.07) is 13.9. The van der Waals surface area contributed by atoms with E-state index in [1.165, 1.54) is 0 Å². The summed E-state index contributed by atoms with van der Waals surface area (Å²) in [5, 5.41) is 11.9. The van der Waals surface area contributed by atoms with Crippen molar-refractivity contribution in [1.82, 2.24) is 9.80 Å². The van der Waals surface area contributed by atoms with Crippen LogP contribution in [-0.4, -0.2) is 53.2 Å². The van der Waals surface area contributed by atoms with E-state index in [9.17, 15) is 14.4 Å². The molecule has 0 saturated carbocycles. The zero-order valence-electron chi connectivity index (χ0n) is 18.5. The van der Waals surface area contributed by atoms with Crippen LogP contribution in [0.1, 0.15) is 43.1 Å². The third kappa shape index (κ3) is 4.22. The minimum absolute atomic E-state index is 0.00209. The fourth-order valence-electron chi connectivity index (χ4n) is 4.16. The summed E-state index contributed by atoms with van der Waals surface area (Å²) in [4.78, 5) is 42.3. The summed E-state index contributed by atoms with van der Waals surface area (Å²) in [6.45, 7) is 6.94. The van der Waals surface area contributed by atoms with Crippen LogP contribution in [-0.2, 0) is 9.59 Å². The van der Waals surface area contributed by atoms with E-state index in [4.69, 9.17) is 5.26 Å². The summed E-state index contributed by atoms with van der Waals surface area (Å²) >= 11 is 0. The monoisotopic (exact) mass is 430 g/mol. The van der Waals surface area contributed by atoms with Crippen molar-refractivity contribution in [2.24, 2.45) is 5.41 Å². The molecule has 1 atom stereocenters. The van der Waals surface area contributed by atoms with Gasteiger partial charge in [0.05, 0.1) is 29.4 Å². The van der Waals surface area contributed by atoms with Gasteiger partial charge in [0, 0.05) is 19.5 Å². The summed E-state index contributed by atoms with van der Waals surface area (Å²) in [6.07, 6.45) is 0.392. The topological polar surface area (TPSA) is 93.5 Å². The van der Waals surface area contributed by atoms with Crippen molar-refractivity contribution in [3.63, 3.8) is 0 Å². The maximum Gasteiger partial charge on any atom is 0.256 e. The number of amides is 3. The van der Waals surface area contributed by atoms with E-state index in [0.29, 0.717) is 36.3 Å². The standard InChI is InChI=1S/C25H26N4O3/c1-25(2,3)13-22(30)28-10-11-29-21(15-28)23(31)27-20-9-8-18(12-19(20)24(29)32)17-6-4-16(14-26)5-7-17/h4-9,12,21H,10-11,13,15H2,1-3H3,(H,27,31). The molecular formula is C25H26N4O3. The molecule has 0 bridgehead atoms. The maximum absolute atomic E-state index is 13.4. The van der Waals surface area contributed by atoms with Gasteiger partial charge in [0.25, 0.3) is 5.91 Å². The van der Waals surface area contributed by atoms with E-state index >= 15 is 0 Å². The summed E-state index contributed by atoms with van der Waals surface area (Å²) in [5.74, 6) is -0.500. The quantitative estimate of drug-likeness (QED) is 0.791. The summed E-state index contributed by atoms with van der Waals surface area (Å²) in [5.41, 5.74) is 3.02. The van der Waals surface area contributed by atoms with E-state index in [1.54, 1.807) is 34.1 Å².